The van der Waals surface area contributed by atoms with Gasteiger partial charge in [0.2, 0.25) is 0 Å². The van der Waals surface area contributed by atoms with E-state index in [-0.39, 0.29) is 6.04 Å². The Labute approximate surface area is 113 Å². The molecule has 16 heavy (non-hydrogen) atoms. The first-order chi connectivity index (χ1) is 7.68. The van der Waals surface area contributed by atoms with Crippen molar-refractivity contribution in [2.24, 2.45) is 11.7 Å². The zero-order valence-corrected chi connectivity index (χ0v) is 12.1. The Bertz CT molecular complexity index is 364. The van der Waals surface area contributed by atoms with E-state index in [1.165, 1.54) is 0 Å². The Hall–Kier alpha value is 0.1000. The molecule has 0 amide bonds. The van der Waals surface area contributed by atoms with Gasteiger partial charge in [-0.25, -0.2) is 0 Å². The molecule has 1 heterocycles. The highest BCUT2D eigenvalue weighted by molar-refractivity contribution is 9.11. The Morgan fingerprint density at radius 1 is 1.38 bits per heavy atom. The van der Waals surface area contributed by atoms with Crippen LogP contribution >= 0.6 is 31.9 Å². The van der Waals surface area contributed by atoms with Crippen molar-refractivity contribution in [1.82, 2.24) is 0 Å². The van der Waals surface area contributed by atoms with E-state index < -0.39 is 0 Å². The Morgan fingerprint density at radius 3 is 2.88 bits per heavy atom. The van der Waals surface area contributed by atoms with Crippen molar-refractivity contribution >= 4 is 31.9 Å². The summed E-state index contributed by atoms with van der Waals surface area (Å²) in [7, 11) is 0. The van der Waals surface area contributed by atoms with E-state index in [1.54, 1.807) is 0 Å². The molecular weight excluding hydrogens is 334 g/mol. The van der Waals surface area contributed by atoms with Crippen LogP contribution < -0.4 is 5.73 Å². The van der Waals surface area contributed by atoms with E-state index in [9.17, 15) is 0 Å². The minimum Gasteiger partial charge on any atom is -0.381 e. The van der Waals surface area contributed by atoms with Crippen molar-refractivity contribution in [3.63, 3.8) is 0 Å². The fourth-order valence-corrected chi connectivity index (χ4v) is 2.96. The summed E-state index contributed by atoms with van der Waals surface area (Å²) in [5, 5.41) is 0. The summed E-state index contributed by atoms with van der Waals surface area (Å²) in [5.74, 6) is 0.430. The summed E-state index contributed by atoms with van der Waals surface area (Å²) >= 11 is 7.04. The van der Waals surface area contributed by atoms with E-state index in [0.29, 0.717) is 5.92 Å². The largest absolute Gasteiger partial charge is 0.381 e. The lowest BCUT2D eigenvalue weighted by Crippen LogP contribution is -2.29. The van der Waals surface area contributed by atoms with Gasteiger partial charge in [-0.3, -0.25) is 0 Å². The van der Waals surface area contributed by atoms with Crippen molar-refractivity contribution in [2.45, 2.75) is 18.9 Å². The van der Waals surface area contributed by atoms with Crippen LogP contribution in [0.2, 0.25) is 0 Å². The van der Waals surface area contributed by atoms with Crippen molar-refractivity contribution in [1.29, 1.82) is 0 Å². The Morgan fingerprint density at radius 2 is 2.19 bits per heavy atom. The normalized spacial score (nSPS) is 23.1. The van der Waals surface area contributed by atoms with E-state index >= 15 is 0 Å². The summed E-state index contributed by atoms with van der Waals surface area (Å²) in [4.78, 5) is 0. The van der Waals surface area contributed by atoms with E-state index in [2.05, 4.69) is 37.9 Å². The van der Waals surface area contributed by atoms with Crippen molar-refractivity contribution < 1.29 is 4.74 Å². The van der Waals surface area contributed by atoms with Crippen LogP contribution in [0.3, 0.4) is 0 Å². The molecule has 2 N–H and O–H groups in total. The van der Waals surface area contributed by atoms with Crippen LogP contribution in [-0.4, -0.2) is 13.2 Å². The van der Waals surface area contributed by atoms with Gasteiger partial charge in [0.15, 0.2) is 0 Å². The number of halogens is 2. The fourth-order valence-electron chi connectivity index (χ4n) is 2.07. The average molecular weight is 349 g/mol. The van der Waals surface area contributed by atoms with E-state index in [0.717, 1.165) is 40.6 Å². The van der Waals surface area contributed by atoms with Crippen molar-refractivity contribution in [3.8, 4) is 0 Å². The second-order valence-electron chi connectivity index (χ2n) is 4.17. The standard InChI is InChI=1S/C12H15Br2NO/c13-9-3-4-11(14)10(6-9)12(15)8-2-1-5-16-7-8/h3-4,6,8,12H,1-2,5,7,15H2. The van der Waals surface area contributed by atoms with Gasteiger partial charge in [0, 0.05) is 27.5 Å². The highest BCUT2D eigenvalue weighted by Crippen LogP contribution is 2.32. The lowest BCUT2D eigenvalue weighted by Gasteiger charge is -2.28. The Balaban J connectivity index is 2.18. The van der Waals surface area contributed by atoms with Crippen LogP contribution in [0.15, 0.2) is 27.1 Å². The first-order valence-corrected chi connectivity index (χ1v) is 7.05. The van der Waals surface area contributed by atoms with Gasteiger partial charge in [0.05, 0.1) is 6.61 Å². The molecule has 0 saturated carbocycles. The van der Waals surface area contributed by atoms with E-state index in [4.69, 9.17) is 10.5 Å². The summed E-state index contributed by atoms with van der Waals surface area (Å²) in [6.45, 7) is 1.66. The maximum absolute atomic E-state index is 6.31. The summed E-state index contributed by atoms with van der Waals surface area (Å²) in [5.41, 5.74) is 7.47. The molecule has 1 saturated heterocycles. The molecule has 4 heteroatoms. The first kappa shape index (κ1) is 12.6. The molecule has 0 aliphatic carbocycles. The van der Waals surface area contributed by atoms with Gasteiger partial charge < -0.3 is 10.5 Å². The molecule has 2 atom stereocenters. The van der Waals surface area contributed by atoms with Crippen molar-refractivity contribution in [3.05, 3.63) is 32.7 Å². The predicted octanol–water partition coefficient (Wildman–Crippen LogP) is 3.64. The second-order valence-corrected chi connectivity index (χ2v) is 5.94. The smallest absolute Gasteiger partial charge is 0.0512 e. The van der Waals surface area contributed by atoms with Crippen LogP contribution in [-0.2, 0) is 4.74 Å². The van der Waals surface area contributed by atoms with Gasteiger partial charge in [0.25, 0.3) is 0 Å². The molecule has 1 aliphatic heterocycles. The molecule has 1 aliphatic rings. The molecule has 2 rings (SSSR count). The molecule has 1 aromatic carbocycles. The van der Waals surface area contributed by atoms with Gasteiger partial charge in [-0.1, -0.05) is 31.9 Å². The third kappa shape index (κ3) is 2.86. The fraction of sp³-hybridized carbons (Fsp3) is 0.500. The molecule has 0 radical (unpaired) electrons. The third-order valence-electron chi connectivity index (χ3n) is 3.02. The summed E-state index contributed by atoms with van der Waals surface area (Å²) < 4.78 is 7.63. The summed E-state index contributed by atoms with van der Waals surface area (Å²) in [6.07, 6.45) is 2.27. The van der Waals surface area contributed by atoms with Gasteiger partial charge in [-0.05, 0) is 36.6 Å². The van der Waals surface area contributed by atoms with Gasteiger partial charge in [-0.2, -0.15) is 0 Å². The molecule has 2 nitrogen and oxygen atoms in total. The average Bonchev–Trinajstić information content (AvgIpc) is 2.32. The maximum Gasteiger partial charge on any atom is 0.0512 e. The first-order valence-electron chi connectivity index (χ1n) is 5.47. The number of benzene rings is 1. The molecule has 88 valence electrons. The number of ether oxygens (including phenoxy) is 1. The monoisotopic (exact) mass is 347 g/mol. The molecular formula is C12H15Br2NO. The van der Waals surface area contributed by atoms with Crippen LogP contribution in [0.25, 0.3) is 0 Å². The van der Waals surface area contributed by atoms with Crippen LogP contribution in [0.1, 0.15) is 24.4 Å². The molecule has 0 spiro atoms. The van der Waals surface area contributed by atoms with Crippen LogP contribution in [0.4, 0.5) is 0 Å². The number of nitrogens with two attached hydrogens (primary N) is 1. The number of hydrogen-bond acceptors (Lipinski definition) is 2. The van der Waals surface area contributed by atoms with Gasteiger partial charge >= 0.3 is 0 Å². The predicted molar refractivity (Wildman–Crippen MR) is 72.3 cm³/mol. The zero-order chi connectivity index (χ0) is 11.5. The minimum atomic E-state index is 0.0483. The van der Waals surface area contributed by atoms with E-state index in [1.807, 2.05) is 12.1 Å². The highest BCUT2D eigenvalue weighted by atomic mass is 79.9. The molecule has 0 aromatic heterocycles. The maximum atomic E-state index is 6.31. The Kier molecular flexibility index (Phi) is 4.41. The molecule has 1 aromatic rings. The van der Waals surface area contributed by atoms with Gasteiger partial charge in [-0.15, -0.1) is 0 Å². The van der Waals surface area contributed by atoms with Crippen LogP contribution in [0.5, 0.6) is 0 Å². The van der Waals surface area contributed by atoms with Gasteiger partial charge in [0.1, 0.15) is 0 Å². The van der Waals surface area contributed by atoms with Crippen molar-refractivity contribution in [2.75, 3.05) is 13.2 Å². The highest BCUT2D eigenvalue weighted by Gasteiger charge is 2.23. The second kappa shape index (κ2) is 5.63. The summed E-state index contributed by atoms with van der Waals surface area (Å²) in [6, 6.07) is 6.18. The quantitative estimate of drug-likeness (QED) is 0.885. The lowest BCUT2D eigenvalue weighted by molar-refractivity contribution is 0.0447. The number of hydrogen-bond donors (Lipinski definition) is 1. The third-order valence-corrected chi connectivity index (χ3v) is 4.24. The molecule has 0 bridgehead atoms. The molecule has 2 unspecified atom stereocenters. The molecule has 1 fully saturated rings. The van der Waals surface area contributed by atoms with Crippen LogP contribution in [0, 0.1) is 5.92 Å². The zero-order valence-electron chi connectivity index (χ0n) is 8.96. The lowest BCUT2D eigenvalue weighted by atomic mass is 9.89. The SMILES string of the molecule is NC(c1cc(Br)ccc1Br)C1CCCOC1. The topological polar surface area (TPSA) is 35.2 Å². The minimum absolute atomic E-state index is 0.0483. The number of rotatable bonds is 2.